The average molecular weight is 261 g/mol. The second-order valence-electron chi connectivity index (χ2n) is 4.56. The number of hydrogen-bond donors (Lipinski definition) is 1. The third-order valence-corrected chi connectivity index (χ3v) is 2.60. The summed E-state index contributed by atoms with van der Waals surface area (Å²) in [6, 6.07) is 7.45. The maximum atomic E-state index is 11.9. The Morgan fingerprint density at radius 3 is 2.00 bits per heavy atom. The zero-order chi connectivity index (χ0) is 13.8. The van der Waals surface area contributed by atoms with E-state index >= 15 is 0 Å². The summed E-state index contributed by atoms with van der Waals surface area (Å²) >= 11 is 0. The fraction of sp³-hybridized carbons (Fsp3) is 0.538. The molecule has 0 bridgehead atoms. The van der Waals surface area contributed by atoms with Crippen molar-refractivity contribution in [1.29, 1.82) is 0 Å². The van der Waals surface area contributed by atoms with Gasteiger partial charge in [0.15, 0.2) is 6.61 Å². The van der Waals surface area contributed by atoms with Crippen molar-refractivity contribution < 1.29 is 18.0 Å². The third-order valence-electron chi connectivity index (χ3n) is 2.60. The van der Waals surface area contributed by atoms with Crippen LogP contribution in [0.25, 0.3) is 0 Å². The zero-order valence-corrected chi connectivity index (χ0v) is 10.7. The number of nitrogens with one attached hydrogen (secondary N) is 1. The number of hydroxylamine groups is 1. The molecule has 0 aromatic heterocycles. The van der Waals surface area contributed by atoms with E-state index in [1.807, 2.05) is 24.3 Å². The molecular weight excluding hydrogens is 243 g/mol. The van der Waals surface area contributed by atoms with Gasteiger partial charge in [-0.2, -0.15) is 18.7 Å². The average Bonchev–Trinajstić information content (AvgIpc) is 2.27. The van der Waals surface area contributed by atoms with Crippen LogP contribution in [-0.2, 0) is 4.84 Å². The lowest BCUT2D eigenvalue weighted by molar-refractivity contribution is -0.192. The highest BCUT2D eigenvalue weighted by atomic mass is 19.4. The first kappa shape index (κ1) is 15.0. The predicted octanol–water partition coefficient (Wildman–Crippen LogP) is 3.95. The molecule has 0 aliphatic carbocycles. The highest BCUT2D eigenvalue weighted by molar-refractivity contribution is 5.26. The molecule has 0 saturated heterocycles. The highest BCUT2D eigenvalue weighted by Crippen LogP contribution is 2.19. The Hall–Kier alpha value is -1.07. The van der Waals surface area contributed by atoms with Crippen LogP contribution in [0.15, 0.2) is 24.3 Å². The molecule has 0 aliphatic heterocycles. The lowest BCUT2D eigenvalue weighted by Crippen LogP contribution is -2.26. The minimum Gasteiger partial charge on any atom is -0.292 e. The minimum atomic E-state index is -4.31. The lowest BCUT2D eigenvalue weighted by atomic mass is 10.00. The van der Waals surface area contributed by atoms with Crippen molar-refractivity contribution in [1.82, 2.24) is 5.48 Å². The molecule has 0 radical (unpaired) electrons. The number of alkyl halides is 3. The van der Waals surface area contributed by atoms with Gasteiger partial charge < -0.3 is 0 Å². The van der Waals surface area contributed by atoms with Gasteiger partial charge in [0.05, 0.1) is 6.04 Å². The van der Waals surface area contributed by atoms with E-state index in [-0.39, 0.29) is 6.04 Å². The molecule has 5 heteroatoms. The smallest absolute Gasteiger partial charge is 0.292 e. The fourth-order valence-corrected chi connectivity index (χ4v) is 1.49. The first-order valence-electron chi connectivity index (χ1n) is 5.83. The number of halogens is 3. The van der Waals surface area contributed by atoms with Crippen molar-refractivity contribution in [3.8, 4) is 0 Å². The lowest BCUT2D eigenvalue weighted by Gasteiger charge is -2.16. The van der Waals surface area contributed by atoms with Gasteiger partial charge in [-0.3, -0.25) is 4.84 Å². The SMILES string of the molecule is CC(C)c1ccc(C(C)NOCC(F)(F)F)cc1. The summed E-state index contributed by atoms with van der Waals surface area (Å²) in [4.78, 5) is 4.42. The monoisotopic (exact) mass is 261 g/mol. The molecule has 0 saturated carbocycles. The van der Waals surface area contributed by atoms with Gasteiger partial charge >= 0.3 is 6.18 Å². The van der Waals surface area contributed by atoms with Crippen molar-refractivity contribution >= 4 is 0 Å². The van der Waals surface area contributed by atoms with Gasteiger partial charge in [-0.15, -0.1) is 0 Å². The van der Waals surface area contributed by atoms with Gasteiger partial charge in [0.25, 0.3) is 0 Å². The van der Waals surface area contributed by atoms with Crippen LogP contribution < -0.4 is 5.48 Å². The van der Waals surface area contributed by atoms with E-state index < -0.39 is 12.8 Å². The molecule has 0 aliphatic rings. The fourth-order valence-electron chi connectivity index (χ4n) is 1.49. The molecule has 0 spiro atoms. The molecule has 1 aromatic carbocycles. The topological polar surface area (TPSA) is 21.3 Å². The Kier molecular flexibility index (Phi) is 5.16. The van der Waals surface area contributed by atoms with Crippen LogP contribution in [0.5, 0.6) is 0 Å². The predicted molar refractivity (Wildman–Crippen MR) is 64.1 cm³/mol. The Morgan fingerprint density at radius 2 is 1.56 bits per heavy atom. The van der Waals surface area contributed by atoms with E-state index in [1.54, 1.807) is 6.92 Å². The summed E-state index contributed by atoms with van der Waals surface area (Å²) < 4.78 is 35.7. The van der Waals surface area contributed by atoms with Gasteiger partial charge in [-0.1, -0.05) is 38.1 Å². The number of rotatable bonds is 5. The van der Waals surface area contributed by atoms with Gasteiger partial charge in [0.2, 0.25) is 0 Å². The van der Waals surface area contributed by atoms with Crippen LogP contribution in [0.4, 0.5) is 13.2 Å². The van der Waals surface area contributed by atoms with E-state index in [0.29, 0.717) is 5.92 Å². The molecule has 1 unspecified atom stereocenters. The van der Waals surface area contributed by atoms with Gasteiger partial charge in [-0.25, -0.2) is 0 Å². The highest BCUT2D eigenvalue weighted by Gasteiger charge is 2.28. The van der Waals surface area contributed by atoms with Crippen LogP contribution in [-0.4, -0.2) is 12.8 Å². The second-order valence-corrected chi connectivity index (χ2v) is 4.56. The Bertz CT molecular complexity index is 359. The van der Waals surface area contributed by atoms with Crippen molar-refractivity contribution in [3.05, 3.63) is 35.4 Å². The largest absolute Gasteiger partial charge is 0.413 e. The molecule has 102 valence electrons. The number of benzene rings is 1. The van der Waals surface area contributed by atoms with Gasteiger partial charge in [-0.05, 0) is 24.0 Å². The molecule has 0 heterocycles. The van der Waals surface area contributed by atoms with E-state index in [2.05, 4.69) is 24.2 Å². The molecule has 1 rings (SSSR count). The van der Waals surface area contributed by atoms with Gasteiger partial charge in [0, 0.05) is 0 Å². The van der Waals surface area contributed by atoms with Crippen molar-refractivity contribution in [2.24, 2.45) is 0 Å². The first-order valence-corrected chi connectivity index (χ1v) is 5.83. The zero-order valence-electron chi connectivity index (χ0n) is 10.7. The van der Waals surface area contributed by atoms with Crippen LogP contribution in [0, 0.1) is 0 Å². The van der Waals surface area contributed by atoms with Crippen molar-refractivity contribution in [2.45, 2.75) is 38.9 Å². The molecule has 18 heavy (non-hydrogen) atoms. The summed E-state index contributed by atoms with van der Waals surface area (Å²) in [5.41, 5.74) is 4.47. The summed E-state index contributed by atoms with van der Waals surface area (Å²) in [7, 11) is 0. The molecule has 2 nitrogen and oxygen atoms in total. The van der Waals surface area contributed by atoms with E-state index in [4.69, 9.17) is 0 Å². The maximum absolute atomic E-state index is 11.9. The second kappa shape index (κ2) is 6.20. The van der Waals surface area contributed by atoms with Crippen molar-refractivity contribution in [2.75, 3.05) is 6.61 Å². The minimum absolute atomic E-state index is 0.284. The number of hydrogen-bond acceptors (Lipinski definition) is 2. The Labute approximate surface area is 105 Å². The Balaban J connectivity index is 2.49. The third kappa shape index (κ3) is 5.06. The quantitative estimate of drug-likeness (QED) is 0.810. The van der Waals surface area contributed by atoms with Crippen LogP contribution in [0.2, 0.25) is 0 Å². The standard InChI is InChI=1S/C13H18F3NO/c1-9(2)11-4-6-12(7-5-11)10(3)17-18-8-13(14,15)16/h4-7,9-10,17H,8H2,1-3H3. The summed E-state index contributed by atoms with van der Waals surface area (Å²) in [5, 5.41) is 0. The van der Waals surface area contributed by atoms with Crippen LogP contribution in [0.3, 0.4) is 0 Å². The van der Waals surface area contributed by atoms with E-state index in [9.17, 15) is 13.2 Å². The molecule has 1 N–H and O–H groups in total. The molecule has 0 amide bonds. The van der Waals surface area contributed by atoms with Crippen molar-refractivity contribution in [3.63, 3.8) is 0 Å². The van der Waals surface area contributed by atoms with E-state index in [1.165, 1.54) is 5.56 Å². The van der Waals surface area contributed by atoms with Gasteiger partial charge in [0.1, 0.15) is 0 Å². The summed E-state index contributed by atoms with van der Waals surface area (Å²) in [6.45, 7) is 4.63. The molecule has 1 atom stereocenters. The normalized spacial score (nSPS) is 13.9. The van der Waals surface area contributed by atoms with Crippen LogP contribution >= 0.6 is 0 Å². The first-order chi connectivity index (χ1) is 8.29. The molecule has 1 aromatic rings. The molecule has 0 fully saturated rings. The van der Waals surface area contributed by atoms with E-state index in [0.717, 1.165) is 5.56 Å². The van der Waals surface area contributed by atoms with Crippen LogP contribution in [0.1, 0.15) is 43.9 Å². The Morgan fingerprint density at radius 1 is 1.06 bits per heavy atom. The maximum Gasteiger partial charge on any atom is 0.413 e. The molecular formula is C13H18F3NO. The summed E-state index contributed by atoms with van der Waals surface area (Å²) in [5.74, 6) is 0.434. The summed E-state index contributed by atoms with van der Waals surface area (Å²) in [6.07, 6.45) is -4.31.